The summed E-state index contributed by atoms with van der Waals surface area (Å²) in [4.78, 5) is 12.8. The van der Waals surface area contributed by atoms with E-state index in [1.807, 2.05) is 12.3 Å². The maximum Gasteiger partial charge on any atom is 0.338 e. The van der Waals surface area contributed by atoms with E-state index in [-0.39, 0.29) is 12.2 Å². The van der Waals surface area contributed by atoms with Crippen LogP contribution >= 0.6 is 22.9 Å². The number of aliphatic hydroxyl groups excluding tert-OH is 2. The Morgan fingerprint density at radius 2 is 2.14 bits per heavy atom. The molecule has 1 aliphatic rings. The highest BCUT2D eigenvalue weighted by molar-refractivity contribution is 7.11. The quantitative estimate of drug-likeness (QED) is 0.326. The van der Waals surface area contributed by atoms with Gasteiger partial charge in [0.2, 0.25) is 0 Å². The largest absolute Gasteiger partial charge is 0.512 e. The lowest BCUT2D eigenvalue weighted by atomic mass is 9.74. The molecule has 1 aliphatic carbocycles. The van der Waals surface area contributed by atoms with Gasteiger partial charge in [0.25, 0.3) is 0 Å². The number of carboxylic acid groups (broad SMARTS) is 1. The molecule has 0 radical (unpaired) electrons. The van der Waals surface area contributed by atoms with Crippen molar-refractivity contribution in [3.8, 4) is 0 Å². The Balaban J connectivity index is 2.48. The van der Waals surface area contributed by atoms with Crippen molar-refractivity contribution in [2.24, 2.45) is 11.8 Å². The molecule has 0 saturated heterocycles. The average Bonchev–Trinajstić information content (AvgIpc) is 3.32. The van der Waals surface area contributed by atoms with Crippen molar-refractivity contribution >= 4 is 34.5 Å². The van der Waals surface area contributed by atoms with Crippen LogP contribution in [0.4, 0.5) is 0 Å². The molecular formula is C21H29ClO5S. The number of hydrogen-bond acceptors (Lipinski definition) is 5. The summed E-state index contributed by atoms with van der Waals surface area (Å²) in [6, 6.07) is 1.77. The van der Waals surface area contributed by atoms with Crippen LogP contribution in [0.2, 0.25) is 5.02 Å². The summed E-state index contributed by atoms with van der Waals surface area (Å²) in [7, 11) is 0. The molecule has 156 valence electrons. The Morgan fingerprint density at radius 3 is 2.68 bits per heavy atom. The first-order chi connectivity index (χ1) is 13.3. The highest BCUT2D eigenvalue weighted by Gasteiger charge is 2.55. The molecule has 4 atom stereocenters. The van der Waals surface area contributed by atoms with Crippen LogP contribution in [0.15, 0.2) is 29.4 Å². The Bertz CT molecular complexity index is 741. The van der Waals surface area contributed by atoms with Crippen molar-refractivity contribution in [2.75, 3.05) is 0 Å². The fourth-order valence-electron chi connectivity index (χ4n) is 4.15. The van der Waals surface area contributed by atoms with Crippen molar-refractivity contribution in [1.82, 2.24) is 0 Å². The number of aliphatic hydroxyl groups is 3. The predicted octanol–water partition coefficient (Wildman–Crippen LogP) is 5.03. The molecule has 1 aromatic heterocycles. The van der Waals surface area contributed by atoms with Gasteiger partial charge in [-0.15, -0.1) is 11.3 Å². The zero-order valence-electron chi connectivity index (χ0n) is 16.3. The molecule has 0 amide bonds. The molecular weight excluding hydrogens is 400 g/mol. The highest BCUT2D eigenvalue weighted by atomic mass is 35.5. The number of halogens is 1. The third kappa shape index (κ3) is 4.46. The molecule has 7 heteroatoms. The summed E-state index contributed by atoms with van der Waals surface area (Å²) in [6.45, 7) is 3.76. The number of aliphatic carboxylic acids is 1. The van der Waals surface area contributed by atoms with E-state index in [2.05, 4.69) is 0 Å². The van der Waals surface area contributed by atoms with E-state index in [4.69, 9.17) is 11.6 Å². The summed E-state index contributed by atoms with van der Waals surface area (Å²) < 4.78 is 0. The summed E-state index contributed by atoms with van der Waals surface area (Å²) in [5, 5.41) is 44.9. The van der Waals surface area contributed by atoms with Crippen LogP contribution in [-0.4, -0.2) is 38.1 Å². The van der Waals surface area contributed by atoms with Gasteiger partial charge < -0.3 is 20.4 Å². The Labute approximate surface area is 175 Å². The van der Waals surface area contributed by atoms with E-state index < -0.39 is 29.5 Å². The van der Waals surface area contributed by atoms with Gasteiger partial charge in [0.15, 0.2) is 5.60 Å². The second kappa shape index (κ2) is 9.92. The van der Waals surface area contributed by atoms with Crippen LogP contribution < -0.4 is 0 Å². The van der Waals surface area contributed by atoms with Gasteiger partial charge in [-0.3, -0.25) is 0 Å². The third-order valence-corrected chi connectivity index (χ3v) is 6.98. The monoisotopic (exact) mass is 428 g/mol. The van der Waals surface area contributed by atoms with Crippen molar-refractivity contribution in [1.29, 1.82) is 0 Å². The SMILES string of the molecule is C/C=C\C[C@@H](O)C(O)(C(=O)O)C1CCC[C@@H]1/C(O)=C(/CCC)c1sccc1Cl. The minimum atomic E-state index is -2.33. The van der Waals surface area contributed by atoms with Crippen LogP contribution in [0.1, 0.15) is 57.2 Å². The first kappa shape index (κ1) is 22.9. The zero-order chi connectivity index (χ0) is 20.9. The average molecular weight is 429 g/mol. The Hall–Kier alpha value is -1.34. The van der Waals surface area contributed by atoms with Gasteiger partial charge in [-0.05, 0) is 44.1 Å². The minimum absolute atomic E-state index is 0.0333. The van der Waals surface area contributed by atoms with Gasteiger partial charge in [-0.25, -0.2) is 4.79 Å². The standard InChI is InChI=1S/C21H29ClO5S/c1-3-5-10-17(23)21(27,20(25)26)15-9-6-8-13(15)18(24)14(7-4-2)19-16(22)11-12-28-19/h3,5,11-13,15,17,23-24,27H,4,6-10H2,1-2H3,(H,25,26)/b5-3-,18-14+/t13-,15?,17+,21?/m0/s1. The maximum atomic E-state index is 12.0. The normalized spacial score (nSPS) is 24.2. The lowest BCUT2D eigenvalue weighted by molar-refractivity contribution is -0.184. The van der Waals surface area contributed by atoms with Crippen LogP contribution in [0.25, 0.3) is 5.57 Å². The van der Waals surface area contributed by atoms with E-state index in [0.29, 0.717) is 36.3 Å². The van der Waals surface area contributed by atoms with Crippen molar-refractivity contribution in [3.63, 3.8) is 0 Å². The number of carbonyl (C=O) groups is 1. The third-order valence-electron chi connectivity index (χ3n) is 5.58. The predicted molar refractivity (Wildman–Crippen MR) is 113 cm³/mol. The van der Waals surface area contributed by atoms with Gasteiger partial charge in [0.1, 0.15) is 5.76 Å². The molecule has 1 fully saturated rings. The Morgan fingerprint density at radius 1 is 1.43 bits per heavy atom. The molecule has 1 heterocycles. The first-order valence-corrected chi connectivity index (χ1v) is 10.9. The molecule has 0 aromatic carbocycles. The number of thiophene rings is 1. The van der Waals surface area contributed by atoms with E-state index >= 15 is 0 Å². The molecule has 0 aliphatic heterocycles. The van der Waals surface area contributed by atoms with Crippen molar-refractivity contribution < 1.29 is 25.2 Å². The number of carboxylic acids is 1. The van der Waals surface area contributed by atoms with Gasteiger partial charge in [-0.2, -0.15) is 0 Å². The van der Waals surface area contributed by atoms with Gasteiger partial charge in [0, 0.05) is 17.4 Å². The van der Waals surface area contributed by atoms with Gasteiger partial charge in [-0.1, -0.05) is 43.5 Å². The van der Waals surface area contributed by atoms with Crippen LogP contribution in [0, 0.1) is 11.8 Å². The van der Waals surface area contributed by atoms with Crippen molar-refractivity contribution in [3.05, 3.63) is 39.3 Å². The van der Waals surface area contributed by atoms with Crippen LogP contribution in [0.3, 0.4) is 0 Å². The maximum absolute atomic E-state index is 12.0. The number of allylic oxidation sites excluding steroid dienone is 3. The lowest BCUT2D eigenvalue weighted by Crippen LogP contribution is -2.56. The molecule has 0 bridgehead atoms. The van der Waals surface area contributed by atoms with Crippen LogP contribution in [-0.2, 0) is 4.79 Å². The second-order valence-electron chi connectivity index (χ2n) is 7.31. The molecule has 5 nitrogen and oxygen atoms in total. The molecule has 1 aromatic rings. The van der Waals surface area contributed by atoms with E-state index in [1.54, 1.807) is 25.1 Å². The van der Waals surface area contributed by atoms with E-state index in [1.165, 1.54) is 11.3 Å². The summed E-state index contributed by atoms with van der Waals surface area (Å²) in [6.07, 6.45) is 4.94. The molecule has 2 unspecified atom stereocenters. The minimum Gasteiger partial charge on any atom is -0.512 e. The molecule has 2 rings (SSSR count). The molecule has 0 spiro atoms. The summed E-state index contributed by atoms with van der Waals surface area (Å²) in [5.74, 6) is -2.69. The van der Waals surface area contributed by atoms with Gasteiger partial charge in [0.05, 0.1) is 16.0 Å². The Kier molecular flexibility index (Phi) is 8.13. The van der Waals surface area contributed by atoms with Crippen LogP contribution in [0.5, 0.6) is 0 Å². The van der Waals surface area contributed by atoms with Gasteiger partial charge >= 0.3 is 5.97 Å². The fourth-order valence-corrected chi connectivity index (χ4v) is 5.40. The summed E-state index contributed by atoms with van der Waals surface area (Å²) >= 11 is 7.71. The lowest BCUT2D eigenvalue weighted by Gasteiger charge is -2.37. The highest BCUT2D eigenvalue weighted by Crippen LogP contribution is 2.47. The molecule has 4 N–H and O–H groups in total. The first-order valence-electron chi connectivity index (χ1n) is 9.69. The topological polar surface area (TPSA) is 98.0 Å². The van der Waals surface area contributed by atoms with E-state index in [9.17, 15) is 25.2 Å². The zero-order valence-corrected chi connectivity index (χ0v) is 17.8. The number of rotatable bonds is 9. The summed E-state index contributed by atoms with van der Waals surface area (Å²) in [5.41, 5.74) is -1.62. The smallest absolute Gasteiger partial charge is 0.338 e. The second-order valence-corrected chi connectivity index (χ2v) is 8.63. The van der Waals surface area contributed by atoms with Crippen molar-refractivity contribution in [2.45, 2.75) is 64.1 Å². The number of hydrogen-bond donors (Lipinski definition) is 4. The van der Waals surface area contributed by atoms with E-state index in [0.717, 1.165) is 11.3 Å². The molecule has 28 heavy (non-hydrogen) atoms. The fraction of sp³-hybridized carbons (Fsp3) is 0.571. The molecule has 1 saturated carbocycles.